The molecule has 0 aliphatic carbocycles. The average molecular weight is 220 g/mol. The SMILES string of the molecule is N#Cc1ccc(C(Cl)Cl)c(Cl)c1. The van der Waals surface area contributed by atoms with Gasteiger partial charge in [0.05, 0.1) is 11.6 Å². The third-order valence-corrected chi connectivity index (χ3v) is 2.16. The van der Waals surface area contributed by atoms with Crippen LogP contribution < -0.4 is 0 Å². The molecule has 0 heterocycles. The van der Waals surface area contributed by atoms with Crippen molar-refractivity contribution < 1.29 is 0 Å². The zero-order chi connectivity index (χ0) is 9.14. The van der Waals surface area contributed by atoms with Crippen LogP contribution in [-0.4, -0.2) is 0 Å². The smallest absolute Gasteiger partial charge is 0.134 e. The van der Waals surface area contributed by atoms with Gasteiger partial charge in [0.2, 0.25) is 0 Å². The molecule has 1 aromatic rings. The highest BCUT2D eigenvalue weighted by atomic mass is 35.5. The van der Waals surface area contributed by atoms with Crippen molar-refractivity contribution in [3.63, 3.8) is 0 Å². The standard InChI is InChI=1S/C8H4Cl3N/c9-7-3-5(4-12)1-2-6(7)8(10)11/h1-3,8H. The molecule has 0 spiro atoms. The Morgan fingerprint density at radius 3 is 2.42 bits per heavy atom. The van der Waals surface area contributed by atoms with Gasteiger partial charge in [-0.2, -0.15) is 5.26 Å². The zero-order valence-corrected chi connectivity index (χ0v) is 8.16. The number of hydrogen-bond acceptors (Lipinski definition) is 1. The first-order valence-electron chi connectivity index (χ1n) is 3.13. The topological polar surface area (TPSA) is 23.8 Å². The minimum Gasteiger partial charge on any atom is -0.192 e. The number of hydrogen-bond donors (Lipinski definition) is 0. The highest BCUT2D eigenvalue weighted by Crippen LogP contribution is 2.31. The summed E-state index contributed by atoms with van der Waals surface area (Å²) < 4.78 is 0. The van der Waals surface area contributed by atoms with E-state index in [1.807, 2.05) is 6.07 Å². The molecule has 0 radical (unpaired) electrons. The maximum atomic E-state index is 8.52. The van der Waals surface area contributed by atoms with Gasteiger partial charge in [0.1, 0.15) is 4.84 Å². The Kier molecular flexibility index (Phi) is 3.22. The molecule has 0 aliphatic heterocycles. The maximum absolute atomic E-state index is 8.52. The van der Waals surface area contributed by atoms with E-state index in [1.54, 1.807) is 12.1 Å². The first-order valence-corrected chi connectivity index (χ1v) is 4.38. The molecule has 0 N–H and O–H groups in total. The molecule has 0 aliphatic rings. The van der Waals surface area contributed by atoms with E-state index < -0.39 is 4.84 Å². The molecular weight excluding hydrogens is 216 g/mol. The first-order chi connectivity index (χ1) is 5.65. The third-order valence-electron chi connectivity index (χ3n) is 1.36. The maximum Gasteiger partial charge on any atom is 0.134 e. The summed E-state index contributed by atoms with van der Waals surface area (Å²) in [7, 11) is 0. The number of benzene rings is 1. The molecule has 0 amide bonds. The predicted octanol–water partition coefficient (Wildman–Crippen LogP) is 3.69. The van der Waals surface area contributed by atoms with Crippen molar-refractivity contribution in [2.24, 2.45) is 0 Å². The lowest BCUT2D eigenvalue weighted by molar-refractivity contribution is 1.34. The summed E-state index contributed by atoms with van der Waals surface area (Å²) in [6.45, 7) is 0. The van der Waals surface area contributed by atoms with Crippen molar-refractivity contribution in [3.05, 3.63) is 34.3 Å². The summed E-state index contributed by atoms with van der Waals surface area (Å²) in [6.07, 6.45) is 0. The molecule has 0 atom stereocenters. The fourth-order valence-corrected chi connectivity index (χ4v) is 1.56. The van der Waals surface area contributed by atoms with Crippen molar-refractivity contribution in [1.29, 1.82) is 5.26 Å². The van der Waals surface area contributed by atoms with Crippen LogP contribution in [0.3, 0.4) is 0 Å². The van der Waals surface area contributed by atoms with E-state index in [4.69, 9.17) is 40.1 Å². The molecule has 62 valence electrons. The predicted molar refractivity (Wildman–Crippen MR) is 50.6 cm³/mol. The lowest BCUT2D eigenvalue weighted by atomic mass is 10.2. The number of halogens is 3. The second-order valence-corrected chi connectivity index (χ2v) is 3.65. The summed E-state index contributed by atoms with van der Waals surface area (Å²) in [5, 5.41) is 8.94. The van der Waals surface area contributed by atoms with Gasteiger partial charge in [0, 0.05) is 10.6 Å². The van der Waals surface area contributed by atoms with Crippen LogP contribution in [0, 0.1) is 11.3 Å². The van der Waals surface area contributed by atoms with E-state index >= 15 is 0 Å². The minimum absolute atomic E-state index is 0.420. The molecule has 0 aromatic heterocycles. The van der Waals surface area contributed by atoms with Crippen LogP contribution in [0.15, 0.2) is 18.2 Å². The molecular formula is C8H4Cl3N. The van der Waals surface area contributed by atoms with Crippen LogP contribution >= 0.6 is 34.8 Å². The number of nitrogens with zero attached hydrogens (tertiary/aromatic N) is 1. The summed E-state index contributed by atoms with van der Waals surface area (Å²) in [5.74, 6) is 0. The lowest BCUT2D eigenvalue weighted by Gasteiger charge is -2.03. The van der Waals surface area contributed by atoms with Gasteiger partial charge in [-0.05, 0) is 12.1 Å². The minimum atomic E-state index is -0.648. The molecule has 4 heteroatoms. The summed E-state index contributed by atoms with van der Waals surface area (Å²) in [4.78, 5) is -0.648. The zero-order valence-electron chi connectivity index (χ0n) is 5.89. The molecule has 0 saturated carbocycles. The largest absolute Gasteiger partial charge is 0.192 e. The first kappa shape index (κ1) is 9.67. The molecule has 0 fully saturated rings. The van der Waals surface area contributed by atoms with E-state index in [0.29, 0.717) is 16.1 Å². The Morgan fingerprint density at radius 2 is 2.00 bits per heavy atom. The van der Waals surface area contributed by atoms with Gasteiger partial charge >= 0.3 is 0 Å². The van der Waals surface area contributed by atoms with Crippen LogP contribution in [0.1, 0.15) is 16.0 Å². The molecule has 1 nitrogen and oxygen atoms in total. The van der Waals surface area contributed by atoms with Crippen LogP contribution in [0.2, 0.25) is 5.02 Å². The van der Waals surface area contributed by atoms with Gasteiger partial charge in [-0.3, -0.25) is 0 Å². The van der Waals surface area contributed by atoms with Gasteiger partial charge in [-0.25, -0.2) is 0 Å². The summed E-state index contributed by atoms with van der Waals surface area (Å²) >= 11 is 17.0. The van der Waals surface area contributed by atoms with E-state index in [1.165, 1.54) is 6.07 Å². The Hall–Kier alpha value is -0.420. The van der Waals surface area contributed by atoms with E-state index in [2.05, 4.69) is 0 Å². The summed E-state index contributed by atoms with van der Waals surface area (Å²) in [5.41, 5.74) is 1.12. The quantitative estimate of drug-likeness (QED) is 0.662. The second kappa shape index (κ2) is 4.00. The Labute approximate surface area is 85.5 Å². The normalized spacial score (nSPS) is 9.92. The van der Waals surface area contributed by atoms with Gasteiger partial charge in [0.15, 0.2) is 0 Å². The van der Waals surface area contributed by atoms with Crippen LogP contribution in [0.25, 0.3) is 0 Å². The lowest BCUT2D eigenvalue weighted by Crippen LogP contribution is -1.84. The molecule has 1 aromatic carbocycles. The Morgan fingerprint density at radius 1 is 1.33 bits per heavy atom. The van der Waals surface area contributed by atoms with Gasteiger partial charge in [-0.1, -0.05) is 17.7 Å². The van der Waals surface area contributed by atoms with E-state index in [-0.39, 0.29) is 0 Å². The van der Waals surface area contributed by atoms with Gasteiger partial charge in [0.25, 0.3) is 0 Å². The van der Waals surface area contributed by atoms with Crippen molar-refractivity contribution >= 4 is 34.8 Å². The molecule has 0 bridgehead atoms. The van der Waals surface area contributed by atoms with Crippen molar-refractivity contribution in [1.82, 2.24) is 0 Å². The van der Waals surface area contributed by atoms with Crippen molar-refractivity contribution in [3.8, 4) is 6.07 Å². The highest BCUT2D eigenvalue weighted by Gasteiger charge is 2.08. The second-order valence-electron chi connectivity index (χ2n) is 2.15. The fourth-order valence-electron chi connectivity index (χ4n) is 0.774. The van der Waals surface area contributed by atoms with Gasteiger partial charge < -0.3 is 0 Å². The molecule has 12 heavy (non-hydrogen) atoms. The molecule has 0 saturated heterocycles. The van der Waals surface area contributed by atoms with Crippen LogP contribution in [0.5, 0.6) is 0 Å². The number of nitriles is 1. The summed E-state index contributed by atoms with van der Waals surface area (Å²) in [6, 6.07) is 6.77. The van der Waals surface area contributed by atoms with Crippen LogP contribution in [-0.2, 0) is 0 Å². The monoisotopic (exact) mass is 219 g/mol. The average Bonchev–Trinajstić information content (AvgIpc) is 2.03. The van der Waals surface area contributed by atoms with Crippen LogP contribution in [0.4, 0.5) is 0 Å². The number of rotatable bonds is 1. The Balaban J connectivity index is 3.14. The van der Waals surface area contributed by atoms with E-state index in [9.17, 15) is 0 Å². The fraction of sp³-hybridized carbons (Fsp3) is 0.125. The molecule has 1 rings (SSSR count). The number of alkyl halides is 2. The van der Waals surface area contributed by atoms with Crippen molar-refractivity contribution in [2.75, 3.05) is 0 Å². The third kappa shape index (κ3) is 2.04. The van der Waals surface area contributed by atoms with Crippen molar-refractivity contribution in [2.45, 2.75) is 4.84 Å². The highest BCUT2D eigenvalue weighted by molar-refractivity contribution is 6.45. The van der Waals surface area contributed by atoms with Gasteiger partial charge in [-0.15, -0.1) is 23.2 Å². The molecule has 0 unspecified atom stereocenters. The Bertz CT molecular complexity index is 328. The van der Waals surface area contributed by atoms with E-state index in [0.717, 1.165) is 0 Å².